The van der Waals surface area contributed by atoms with Crippen LogP contribution in [0.1, 0.15) is 25.0 Å². The van der Waals surface area contributed by atoms with Crippen molar-refractivity contribution in [3.05, 3.63) is 11.1 Å². The van der Waals surface area contributed by atoms with Crippen molar-refractivity contribution >= 4 is 22.4 Å². The number of thiazole rings is 1. The summed E-state index contributed by atoms with van der Waals surface area (Å²) in [4.78, 5) is 18.3. The molecule has 0 spiro atoms. The third-order valence-electron chi connectivity index (χ3n) is 3.51. The summed E-state index contributed by atoms with van der Waals surface area (Å²) in [5.41, 5.74) is 6.53. The van der Waals surface area contributed by atoms with Crippen molar-refractivity contribution in [2.24, 2.45) is 11.7 Å². The van der Waals surface area contributed by atoms with Gasteiger partial charge < -0.3 is 11.1 Å². The smallest absolute Gasteiger partial charge is 0.240 e. The van der Waals surface area contributed by atoms with Gasteiger partial charge in [-0.05, 0) is 51.7 Å². The first-order chi connectivity index (χ1) is 9.17. The van der Waals surface area contributed by atoms with E-state index in [1.54, 1.807) is 0 Å². The lowest BCUT2D eigenvalue weighted by Crippen LogP contribution is -2.39. The van der Waals surface area contributed by atoms with E-state index in [0.717, 1.165) is 50.5 Å². The van der Waals surface area contributed by atoms with Crippen LogP contribution in [0.3, 0.4) is 0 Å². The van der Waals surface area contributed by atoms with Gasteiger partial charge in [0.1, 0.15) is 0 Å². The van der Waals surface area contributed by atoms with Gasteiger partial charge in [-0.15, -0.1) is 11.3 Å². The Morgan fingerprint density at radius 3 is 2.89 bits per heavy atom. The summed E-state index contributed by atoms with van der Waals surface area (Å²) in [6, 6.07) is 0. The van der Waals surface area contributed by atoms with Crippen molar-refractivity contribution < 1.29 is 4.79 Å². The summed E-state index contributed by atoms with van der Waals surface area (Å²) in [5.74, 6) is 0.776. The molecule has 1 amide bonds. The monoisotopic (exact) mass is 282 g/mol. The highest BCUT2D eigenvalue weighted by Crippen LogP contribution is 2.20. The molecule has 0 radical (unpaired) electrons. The molecule has 1 aliphatic rings. The van der Waals surface area contributed by atoms with E-state index in [1.165, 1.54) is 11.3 Å². The molecule has 0 atom stereocenters. The Hall–Kier alpha value is -0.980. The predicted molar refractivity (Wildman–Crippen MR) is 78.3 cm³/mol. The van der Waals surface area contributed by atoms with E-state index < -0.39 is 0 Å². The zero-order valence-electron chi connectivity index (χ0n) is 11.4. The summed E-state index contributed by atoms with van der Waals surface area (Å²) in [5, 5.41) is 5.49. The molecule has 1 aromatic heterocycles. The average Bonchev–Trinajstić information content (AvgIpc) is 2.77. The number of aromatic nitrogens is 1. The molecule has 3 N–H and O–H groups in total. The first kappa shape index (κ1) is 14.4. The van der Waals surface area contributed by atoms with Crippen molar-refractivity contribution in [2.45, 2.75) is 26.2 Å². The van der Waals surface area contributed by atoms with E-state index in [-0.39, 0.29) is 5.91 Å². The number of rotatable bonds is 5. The van der Waals surface area contributed by atoms with Gasteiger partial charge >= 0.3 is 0 Å². The maximum atomic E-state index is 11.9. The normalized spacial score (nSPS) is 17.6. The molecule has 1 aromatic rings. The van der Waals surface area contributed by atoms with Gasteiger partial charge in [0.05, 0.1) is 12.2 Å². The van der Waals surface area contributed by atoms with Gasteiger partial charge in [-0.3, -0.25) is 9.69 Å². The lowest BCUT2D eigenvalue weighted by atomic mass is 9.94. The molecule has 0 saturated carbocycles. The number of carbonyl (C=O) groups excluding carboxylic acids is 1. The van der Waals surface area contributed by atoms with Crippen molar-refractivity contribution in [1.82, 2.24) is 9.88 Å². The number of hydrogen-bond donors (Lipinski definition) is 2. The number of nitrogens with two attached hydrogens (primary N) is 1. The molecule has 0 aliphatic carbocycles. The fraction of sp³-hybridized carbons (Fsp3) is 0.692. The second kappa shape index (κ2) is 6.98. The lowest BCUT2D eigenvalue weighted by Gasteiger charge is -2.31. The molecule has 1 aliphatic heterocycles. The van der Waals surface area contributed by atoms with Crippen LogP contribution in [-0.4, -0.2) is 42.0 Å². The van der Waals surface area contributed by atoms with E-state index in [4.69, 9.17) is 5.73 Å². The zero-order valence-corrected chi connectivity index (χ0v) is 12.2. The first-order valence-corrected chi connectivity index (χ1v) is 7.69. The lowest BCUT2D eigenvalue weighted by molar-refractivity contribution is -0.117. The van der Waals surface area contributed by atoms with Crippen LogP contribution in [-0.2, 0) is 4.79 Å². The molecule has 6 heteroatoms. The Morgan fingerprint density at radius 1 is 1.58 bits per heavy atom. The number of carbonyl (C=O) groups is 1. The fourth-order valence-electron chi connectivity index (χ4n) is 2.44. The molecule has 2 rings (SSSR count). The number of likely N-dealkylation sites (tertiary alicyclic amines) is 1. The standard InChI is InChI=1S/C13H22N4OS/c1-10-9-19-13(15-10)16-12(18)8-17-6-3-11(2-5-14)4-7-17/h9,11H,2-8,14H2,1H3,(H,15,16,18). The van der Waals surface area contributed by atoms with Gasteiger partial charge in [0, 0.05) is 5.38 Å². The number of nitrogens with zero attached hydrogens (tertiary/aromatic N) is 2. The van der Waals surface area contributed by atoms with Gasteiger partial charge in [-0.2, -0.15) is 0 Å². The maximum Gasteiger partial charge on any atom is 0.240 e. The van der Waals surface area contributed by atoms with Crippen molar-refractivity contribution in [1.29, 1.82) is 0 Å². The molecular formula is C13H22N4OS. The Kier molecular flexibility index (Phi) is 5.30. The van der Waals surface area contributed by atoms with Crippen LogP contribution >= 0.6 is 11.3 Å². The molecule has 19 heavy (non-hydrogen) atoms. The number of amides is 1. The Bertz CT molecular complexity index is 413. The molecule has 1 saturated heterocycles. The minimum Gasteiger partial charge on any atom is -0.330 e. The van der Waals surface area contributed by atoms with Gasteiger partial charge in [0.15, 0.2) is 5.13 Å². The van der Waals surface area contributed by atoms with Crippen molar-refractivity contribution in [2.75, 3.05) is 31.5 Å². The highest BCUT2D eigenvalue weighted by Gasteiger charge is 2.20. The number of anilines is 1. The number of hydrogen-bond acceptors (Lipinski definition) is 5. The van der Waals surface area contributed by atoms with Crippen molar-refractivity contribution in [3.63, 3.8) is 0 Å². The average molecular weight is 282 g/mol. The third-order valence-corrected chi connectivity index (χ3v) is 4.39. The number of nitrogens with one attached hydrogen (secondary N) is 1. The molecule has 0 unspecified atom stereocenters. The first-order valence-electron chi connectivity index (χ1n) is 6.82. The second-order valence-corrected chi connectivity index (χ2v) is 6.00. The van der Waals surface area contributed by atoms with Crippen LogP contribution < -0.4 is 11.1 Å². The highest BCUT2D eigenvalue weighted by atomic mass is 32.1. The van der Waals surface area contributed by atoms with Crippen LogP contribution in [0.4, 0.5) is 5.13 Å². The quantitative estimate of drug-likeness (QED) is 0.857. The Balaban J connectivity index is 1.71. The summed E-state index contributed by atoms with van der Waals surface area (Å²) in [6.45, 7) is 5.15. The summed E-state index contributed by atoms with van der Waals surface area (Å²) >= 11 is 1.47. The fourth-order valence-corrected chi connectivity index (χ4v) is 3.15. The second-order valence-electron chi connectivity index (χ2n) is 5.14. The van der Waals surface area contributed by atoms with Crippen LogP contribution in [0, 0.1) is 12.8 Å². The Morgan fingerprint density at radius 2 is 2.32 bits per heavy atom. The van der Waals surface area contributed by atoms with Crippen LogP contribution in [0.2, 0.25) is 0 Å². The molecular weight excluding hydrogens is 260 g/mol. The molecule has 1 fully saturated rings. The summed E-state index contributed by atoms with van der Waals surface area (Å²) < 4.78 is 0. The van der Waals surface area contributed by atoms with Crippen molar-refractivity contribution in [3.8, 4) is 0 Å². The van der Waals surface area contributed by atoms with E-state index in [2.05, 4.69) is 15.2 Å². The highest BCUT2D eigenvalue weighted by molar-refractivity contribution is 7.13. The van der Waals surface area contributed by atoms with Gasteiger partial charge in [-0.1, -0.05) is 0 Å². The van der Waals surface area contributed by atoms with E-state index in [9.17, 15) is 4.79 Å². The molecule has 5 nitrogen and oxygen atoms in total. The number of aryl methyl sites for hydroxylation is 1. The molecule has 2 heterocycles. The topological polar surface area (TPSA) is 71.2 Å². The van der Waals surface area contributed by atoms with Gasteiger partial charge in [0.25, 0.3) is 0 Å². The van der Waals surface area contributed by atoms with Gasteiger partial charge in [0.2, 0.25) is 5.91 Å². The van der Waals surface area contributed by atoms with Crippen LogP contribution in [0.5, 0.6) is 0 Å². The van der Waals surface area contributed by atoms with Gasteiger partial charge in [-0.25, -0.2) is 4.98 Å². The molecule has 106 valence electrons. The SMILES string of the molecule is Cc1csc(NC(=O)CN2CCC(CCN)CC2)n1. The minimum atomic E-state index is 0.0339. The van der Waals surface area contributed by atoms with E-state index in [0.29, 0.717) is 11.7 Å². The minimum absolute atomic E-state index is 0.0339. The van der Waals surface area contributed by atoms with Crippen LogP contribution in [0.15, 0.2) is 5.38 Å². The van der Waals surface area contributed by atoms with E-state index in [1.807, 2.05) is 12.3 Å². The third kappa shape index (κ3) is 4.56. The number of piperidine rings is 1. The Labute approximate surface area is 118 Å². The molecule has 0 aromatic carbocycles. The zero-order chi connectivity index (χ0) is 13.7. The predicted octanol–water partition coefficient (Wildman–Crippen LogP) is 1.45. The van der Waals surface area contributed by atoms with E-state index >= 15 is 0 Å². The summed E-state index contributed by atoms with van der Waals surface area (Å²) in [7, 11) is 0. The summed E-state index contributed by atoms with van der Waals surface area (Å²) in [6.07, 6.45) is 3.42. The largest absolute Gasteiger partial charge is 0.330 e. The maximum absolute atomic E-state index is 11.9. The molecule has 0 bridgehead atoms. The van der Waals surface area contributed by atoms with Crippen LogP contribution in [0.25, 0.3) is 0 Å².